The van der Waals surface area contributed by atoms with Gasteiger partial charge in [0.05, 0.1) is 35.3 Å². The van der Waals surface area contributed by atoms with Crippen molar-refractivity contribution < 1.29 is 27.7 Å². The third kappa shape index (κ3) is 4.60. The molecule has 1 saturated heterocycles. The summed E-state index contributed by atoms with van der Waals surface area (Å²) in [6.07, 6.45) is 2.86. The number of nitrogens with one attached hydrogen (secondary N) is 3. The Morgan fingerprint density at radius 3 is 2.50 bits per heavy atom. The number of carbonyl (C=O) groups is 2. The second-order valence-corrected chi connectivity index (χ2v) is 9.47. The van der Waals surface area contributed by atoms with Gasteiger partial charge in [-0.25, -0.2) is 4.98 Å². The number of aromatic nitrogens is 1. The molecule has 0 atom stereocenters. The van der Waals surface area contributed by atoms with Gasteiger partial charge in [-0.3, -0.25) is 9.59 Å². The average molecular weight is 469 g/mol. The second-order valence-electron chi connectivity index (χ2n) is 9.47. The summed E-state index contributed by atoms with van der Waals surface area (Å²) in [4.78, 5) is 29.2. The van der Waals surface area contributed by atoms with Crippen molar-refractivity contribution in [3.05, 3.63) is 36.0 Å². The zero-order valence-electron chi connectivity index (χ0n) is 22.9. The van der Waals surface area contributed by atoms with E-state index in [9.17, 15) is 9.59 Å². The number of amides is 2. The fraction of sp³-hybridized carbons (Fsp3) is 0.458. The Bertz CT molecular complexity index is 1200. The summed E-state index contributed by atoms with van der Waals surface area (Å²) in [5.41, 5.74) is 0.189. The molecule has 9 nitrogen and oxygen atoms in total. The van der Waals surface area contributed by atoms with Gasteiger partial charge in [-0.2, -0.15) is 0 Å². The van der Waals surface area contributed by atoms with Gasteiger partial charge in [0.15, 0.2) is 0 Å². The van der Waals surface area contributed by atoms with E-state index in [1.165, 1.54) is 19.4 Å². The first-order valence-corrected chi connectivity index (χ1v) is 11.1. The van der Waals surface area contributed by atoms with Crippen LogP contribution in [0.25, 0.3) is 0 Å². The predicted octanol–water partition coefficient (Wildman–Crippen LogP) is 2.84. The van der Waals surface area contributed by atoms with E-state index in [1.807, 2.05) is 39.1 Å². The first-order valence-electron chi connectivity index (χ1n) is 12.6. The van der Waals surface area contributed by atoms with Crippen molar-refractivity contribution in [3.8, 4) is 5.75 Å². The number of rotatable bonds is 7. The Morgan fingerprint density at radius 1 is 1.18 bits per heavy atom. The Kier molecular flexibility index (Phi) is 5.32. The number of benzene rings is 1. The van der Waals surface area contributed by atoms with Crippen molar-refractivity contribution in [3.63, 3.8) is 0 Å². The molecule has 1 aliphatic heterocycles. The minimum absolute atomic E-state index is 0.0244. The molecule has 0 spiro atoms. The maximum Gasteiger partial charge on any atom is 0.498 e. The number of carbonyl (C=O) groups excluding carboxylic acids is 2. The molecule has 0 unspecified atom stereocenters. The van der Waals surface area contributed by atoms with Crippen LogP contribution in [0.4, 0.5) is 17.2 Å². The number of pyridine rings is 1. The quantitative estimate of drug-likeness (QED) is 0.535. The molecule has 2 fully saturated rings. The molecule has 0 radical (unpaired) electrons. The van der Waals surface area contributed by atoms with E-state index in [-0.39, 0.29) is 28.9 Å². The molecule has 1 aromatic heterocycles. The first-order chi connectivity index (χ1) is 17.2. The molecule has 2 aromatic rings. The number of hydrogen-bond acceptors (Lipinski definition) is 7. The standard InChI is InChI=1S/C24H31BN4O5/c1-23(2)24(3,4)34-25(33-23)16-8-7-9-17(20(16)32-6)28-18-12-19(29-21(30)14-10-11-14)27-13-15(18)22(31)26-5/h7-9,12-14H,10-11H2,1-6H3,(H,26,31)(H2,27,28,29,30)/i5D3. The number of hydrogen-bond donors (Lipinski definition) is 3. The lowest BCUT2D eigenvalue weighted by atomic mass is 9.78. The van der Waals surface area contributed by atoms with Crippen LogP contribution >= 0.6 is 0 Å². The van der Waals surface area contributed by atoms with E-state index < -0.39 is 31.2 Å². The molecule has 34 heavy (non-hydrogen) atoms. The van der Waals surface area contributed by atoms with Crippen molar-refractivity contribution in [1.29, 1.82) is 0 Å². The molecule has 2 aliphatic rings. The van der Waals surface area contributed by atoms with Crippen LogP contribution in [0.2, 0.25) is 0 Å². The zero-order chi connectivity index (χ0) is 27.2. The van der Waals surface area contributed by atoms with Gasteiger partial charge >= 0.3 is 7.12 Å². The van der Waals surface area contributed by atoms with Gasteiger partial charge in [-0.05, 0) is 46.6 Å². The molecular formula is C24H31BN4O5. The van der Waals surface area contributed by atoms with Crippen LogP contribution in [-0.4, -0.2) is 49.2 Å². The molecule has 4 rings (SSSR count). The molecule has 1 saturated carbocycles. The summed E-state index contributed by atoms with van der Waals surface area (Å²) in [6, 6.07) is 6.82. The summed E-state index contributed by atoms with van der Waals surface area (Å²) < 4.78 is 40.3. The van der Waals surface area contributed by atoms with Crippen LogP contribution in [0, 0.1) is 5.92 Å². The average Bonchev–Trinajstić information content (AvgIpc) is 3.59. The molecule has 1 aliphatic carbocycles. The highest BCUT2D eigenvalue weighted by Crippen LogP contribution is 2.38. The van der Waals surface area contributed by atoms with Crippen molar-refractivity contribution in [2.75, 3.05) is 24.7 Å². The summed E-state index contributed by atoms with van der Waals surface area (Å²) in [7, 11) is 0.802. The third-order valence-electron chi connectivity index (χ3n) is 6.49. The summed E-state index contributed by atoms with van der Waals surface area (Å²) in [6.45, 7) is 5.11. The third-order valence-corrected chi connectivity index (χ3v) is 6.49. The lowest BCUT2D eigenvalue weighted by Crippen LogP contribution is -2.41. The first kappa shape index (κ1) is 20.3. The van der Waals surface area contributed by atoms with Gasteiger partial charge in [0.1, 0.15) is 11.6 Å². The van der Waals surface area contributed by atoms with Gasteiger partial charge in [0, 0.05) is 34.7 Å². The minimum Gasteiger partial charge on any atom is -0.495 e. The SMILES string of the molecule is [2H]C([2H])([2H])NC(=O)c1cnc(NC(=O)C2CC2)cc1Nc1cccc(B2OC(C)(C)C(C)(C)O2)c1OC. The van der Waals surface area contributed by atoms with E-state index in [1.54, 1.807) is 12.1 Å². The molecule has 2 amide bonds. The highest BCUT2D eigenvalue weighted by atomic mass is 16.7. The van der Waals surface area contributed by atoms with Gasteiger partial charge in [-0.15, -0.1) is 0 Å². The van der Waals surface area contributed by atoms with E-state index >= 15 is 0 Å². The number of nitrogens with zero attached hydrogens (tertiary/aromatic N) is 1. The largest absolute Gasteiger partial charge is 0.498 e. The van der Waals surface area contributed by atoms with Gasteiger partial charge in [0.25, 0.3) is 5.91 Å². The number of anilines is 3. The smallest absolute Gasteiger partial charge is 0.495 e. The Labute approximate surface area is 204 Å². The summed E-state index contributed by atoms with van der Waals surface area (Å²) in [5, 5.41) is 7.87. The monoisotopic (exact) mass is 469 g/mol. The fourth-order valence-electron chi connectivity index (χ4n) is 3.63. The van der Waals surface area contributed by atoms with Crippen LogP contribution in [0.1, 0.15) is 55.0 Å². The van der Waals surface area contributed by atoms with Crippen molar-refractivity contribution in [2.45, 2.75) is 51.7 Å². The number of para-hydroxylation sites is 1. The predicted molar refractivity (Wildman–Crippen MR) is 131 cm³/mol. The van der Waals surface area contributed by atoms with Crippen molar-refractivity contribution >= 4 is 41.6 Å². The molecular weight excluding hydrogens is 435 g/mol. The Balaban J connectivity index is 1.70. The molecule has 3 N–H and O–H groups in total. The Morgan fingerprint density at radius 2 is 1.88 bits per heavy atom. The van der Waals surface area contributed by atoms with Crippen molar-refractivity contribution in [1.82, 2.24) is 10.3 Å². The summed E-state index contributed by atoms with van der Waals surface area (Å²) >= 11 is 0. The highest BCUT2D eigenvalue weighted by molar-refractivity contribution is 6.63. The topological polar surface area (TPSA) is 111 Å². The maximum absolute atomic E-state index is 12.8. The van der Waals surface area contributed by atoms with Crippen LogP contribution < -0.4 is 26.2 Å². The number of ether oxygens (including phenoxy) is 1. The van der Waals surface area contributed by atoms with Gasteiger partial charge in [0.2, 0.25) is 5.91 Å². The normalized spacial score (nSPS) is 20.0. The minimum atomic E-state index is -2.69. The molecule has 2 heterocycles. The lowest BCUT2D eigenvalue weighted by molar-refractivity contribution is -0.117. The van der Waals surface area contributed by atoms with Crippen LogP contribution in [-0.2, 0) is 14.1 Å². The second kappa shape index (κ2) is 8.92. The fourth-order valence-corrected chi connectivity index (χ4v) is 3.63. The molecule has 180 valence electrons. The summed E-state index contributed by atoms with van der Waals surface area (Å²) in [5.74, 6) is -0.405. The van der Waals surface area contributed by atoms with Crippen molar-refractivity contribution in [2.24, 2.45) is 5.92 Å². The van der Waals surface area contributed by atoms with E-state index in [0.29, 0.717) is 16.9 Å². The van der Waals surface area contributed by atoms with Crippen LogP contribution in [0.3, 0.4) is 0 Å². The molecule has 1 aromatic carbocycles. The lowest BCUT2D eigenvalue weighted by Gasteiger charge is -2.32. The van der Waals surface area contributed by atoms with E-state index in [4.69, 9.17) is 18.2 Å². The maximum atomic E-state index is 12.8. The van der Waals surface area contributed by atoms with Crippen LogP contribution in [0.5, 0.6) is 5.75 Å². The van der Waals surface area contributed by atoms with Gasteiger partial charge in [-0.1, -0.05) is 12.1 Å². The van der Waals surface area contributed by atoms with E-state index in [0.717, 1.165) is 12.8 Å². The highest BCUT2D eigenvalue weighted by Gasteiger charge is 2.52. The Hall–Kier alpha value is -3.11. The molecule has 0 bridgehead atoms. The van der Waals surface area contributed by atoms with Crippen LogP contribution in [0.15, 0.2) is 30.5 Å². The van der Waals surface area contributed by atoms with E-state index in [2.05, 4.69) is 15.6 Å². The number of methoxy groups -OCH3 is 1. The van der Waals surface area contributed by atoms with Gasteiger partial charge < -0.3 is 30.0 Å². The molecule has 10 heteroatoms. The zero-order valence-corrected chi connectivity index (χ0v) is 19.9.